The second-order valence-electron chi connectivity index (χ2n) is 7.48. The number of ether oxygens (including phenoxy) is 1. The number of carbonyl (C=O) groups excluding carboxylic acids is 2. The first-order chi connectivity index (χ1) is 16.2. The van der Waals surface area contributed by atoms with Crippen LogP contribution in [0.5, 0.6) is 5.75 Å². The van der Waals surface area contributed by atoms with E-state index in [0.717, 1.165) is 11.1 Å². The van der Waals surface area contributed by atoms with Gasteiger partial charge in [-0.15, -0.1) is 0 Å². The predicted molar refractivity (Wildman–Crippen MR) is 134 cm³/mol. The SMILES string of the molecule is COc1ccc(Br)c(C(=O)N/C(=C\c2cccc([N+](=O)[O-])c2)C(=O)Nc2ccc(C)cc2C)c1. The molecule has 0 aliphatic rings. The Morgan fingerprint density at radius 3 is 2.50 bits per heavy atom. The fourth-order valence-electron chi connectivity index (χ4n) is 3.19. The molecular formula is C25H22BrN3O5. The Labute approximate surface area is 204 Å². The average Bonchev–Trinajstić information content (AvgIpc) is 2.80. The number of nitro groups is 1. The molecule has 3 aromatic carbocycles. The van der Waals surface area contributed by atoms with Gasteiger partial charge in [0.05, 0.1) is 17.6 Å². The first-order valence-corrected chi connectivity index (χ1v) is 11.0. The summed E-state index contributed by atoms with van der Waals surface area (Å²) in [6.07, 6.45) is 1.39. The van der Waals surface area contributed by atoms with Crippen LogP contribution < -0.4 is 15.4 Å². The largest absolute Gasteiger partial charge is 0.497 e. The molecule has 9 heteroatoms. The lowest BCUT2D eigenvalue weighted by Gasteiger charge is -2.14. The number of anilines is 1. The fraction of sp³-hybridized carbons (Fsp3) is 0.120. The zero-order valence-electron chi connectivity index (χ0n) is 18.7. The third-order valence-corrected chi connectivity index (χ3v) is 5.62. The van der Waals surface area contributed by atoms with Crippen LogP contribution in [0.2, 0.25) is 0 Å². The number of benzene rings is 3. The predicted octanol–water partition coefficient (Wildman–Crippen LogP) is 5.39. The number of amides is 2. The summed E-state index contributed by atoms with van der Waals surface area (Å²) in [6, 6.07) is 16.2. The van der Waals surface area contributed by atoms with E-state index in [-0.39, 0.29) is 16.9 Å². The number of aryl methyl sites for hydroxylation is 2. The van der Waals surface area contributed by atoms with Crippen molar-refractivity contribution < 1.29 is 19.2 Å². The lowest BCUT2D eigenvalue weighted by atomic mass is 10.1. The minimum absolute atomic E-state index is 0.0832. The third kappa shape index (κ3) is 6.08. The van der Waals surface area contributed by atoms with Crippen LogP contribution in [0.15, 0.2) is 70.8 Å². The van der Waals surface area contributed by atoms with Crippen molar-refractivity contribution in [1.29, 1.82) is 0 Å². The summed E-state index contributed by atoms with van der Waals surface area (Å²) < 4.78 is 5.70. The zero-order valence-corrected chi connectivity index (χ0v) is 20.3. The summed E-state index contributed by atoms with van der Waals surface area (Å²) in [7, 11) is 1.48. The van der Waals surface area contributed by atoms with Crippen molar-refractivity contribution in [2.75, 3.05) is 12.4 Å². The van der Waals surface area contributed by atoms with E-state index in [2.05, 4.69) is 26.6 Å². The van der Waals surface area contributed by atoms with Gasteiger partial charge >= 0.3 is 0 Å². The maximum Gasteiger partial charge on any atom is 0.272 e. The molecule has 2 N–H and O–H groups in total. The second-order valence-corrected chi connectivity index (χ2v) is 8.34. The summed E-state index contributed by atoms with van der Waals surface area (Å²) in [6.45, 7) is 3.80. The van der Waals surface area contributed by atoms with Gasteiger partial charge in [-0.25, -0.2) is 0 Å². The van der Waals surface area contributed by atoms with Crippen LogP contribution in [0.25, 0.3) is 6.08 Å². The second kappa shape index (κ2) is 10.8. The molecular weight excluding hydrogens is 502 g/mol. The van der Waals surface area contributed by atoms with Gasteiger partial charge in [-0.1, -0.05) is 29.8 Å². The Morgan fingerprint density at radius 1 is 1.06 bits per heavy atom. The van der Waals surface area contributed by atoms with Gasteiger partial charge in [0.2, 0.25) is 0 Å². The lowest BCUT2D eigenvalue weighted by Crippen LogP contribution is -2.31. The molecule has 0 aliphatic heterocycles. The topological polar surface area (TPSA) is 111 Å². The lowest BCUT2D eigenvalue weighted by molar-refractivity contribution is -0.384. The molecule has 0 aromatic heterocycles. The van der Waals surface area contributed by atoms with Crippen LogP contribution in [-0.2, 0) is 4.79 Å². The van der Waals surface area contributed by atoms with Crippen molar-refractivity contribution in [3.63, 3.8) is 0 Å². The van der Waals surface area contributed by atoms with E-state index in [4.69, 9.17) is 4.74 Å². The number of hydrogen-bond donors (Lipinski definition) is 2. The standard InChI is InChI=1S/C25H22BrN3O5/c1-15-7-10-22(16(2)11-15)27-25(31)23(13-17-5-4-6-18(12-17)29(32)33)28-24(30)20-14-19(34-3)8-9-21(20)26/h4-14H,1-3H3,(H,27,31)(H,28,30)/b23-13-. The van der Waals surface area contributed by atoms with Crippen molar-refractivity contribution >= 4 is 45.2 Å². The summed E-state index contributed by atoms with van der Waals surface area (Å²) in [5, 5.41) is 16.6. The number of nitrogens with one attached hydrogen (secondary N) is 2. The highest BCUT2D eigenvalue weighted by molar-refractivity contribution is 9.10. The van der Waals surface area contributed by atoms with E-state index in [1.807, 2.05) is 26.0 Å². The Hall–Kier alpha value is -3.98. The van der Waals surface area contributed by atoms with E-state index >= 15 is 0 Å². The van der Waals surface area contributed by atoms with Gasteiger partial charge in [-0.05, 0) is 71.2 Å². The molecule has 174 valence electrons. The van der Waals surface area contributed by atoms with Crippen molar-refractivity contribution in [2.45, 2.75) is 13.8 Å². The number of nitrogens with zero attached hydrogens (tertiary/aromatic N) is 1. The number of halogens is 1. The molecule has 8 nitrogen and oxygen atoms in total. The van der Waals surface area contributed by atoms with Crippen molar-refractivity contribution in [3.05, 3.63) is 103 Å². The summed E-state index contributed by atoms with van der Waals surface area (Å²) in [5.41, 5.74) is 2.89. The molecule has 0 radical (unpaired) electrons. The number of hydrogen-bond acceptors (Lipinski definition) is 5. The van der Waals surface area contributed by atoms with Crippen molar-refractivity contribution in [3.8, 4) is 5.75 Å². The molecule has 0 saturated carbocycles. The van der Waals surface area contributed by atoms with E-state index in [1.54, 1.807) is 24.3 Å². The summed E-state index contributed by atoms with van der Waals surface area (Å²) in [5.74, 6) is -0.665. The number of rotatable bonds is 7. The van der Waals surface area contributed by atoms with Crippen molar-refractivity contribution in [2.24, 2.45) is 0 Å². The van der Waals surface area contributed by atoms with Crippen LogP contribution >= 0.6 is 15.9 Å². The molecule has 2 amide bonds. The molecule has 0 spiro atoms. The maximum absolute atomic E-state index is 13.2. The van der Waals surface area contributed by atoms with E-state index in [1.165, 1.54) is 37.5 Å². The number of nitro benzene ring substituents is 1. The van der Waals surface area contributed by atoms with Gasteiger partial charge in [0.1, 0.15) is 11.4 Å². The van der Waals surface area contributed by atoms with E-state index < -0.39 is 16.7 Å². The normalized spacial score (nSPS) is 11.0. The molecule has 0 aliphatic carbocycles. The minimum Gasteiger partial charge on any atom is -0.497 e. The monoisotopic (exact) mass is 523 g/mol. The highest BCUT2D eigenvalue weighted by Crippen LogP contribution is 2.24. The molecule has 34 heavy (non-hydrogen) atoms. The van der Waals surface area contributed by atoms with Crippen LogP contribution in [0.4, 0.5) is 11.4 Å². The smallest absolute Gasteiger partial charge is 0.272 e. The molecule has 3 rings (SSSR count). The van der Waals surface area contributed by atoms with Gasteiger partial charge in [0, 0.05) is 22.3 Å². The van der Waals surface area contributed by atoms with Crippen LogP contribution in [0.3, 0.4) is 0 Å². The van der Waals surface area contributed by atoms with Gasteiger partial charge in [-0.3, -0.25) is 19.7 Å². The maximum atomic E-state index is 13.2. The first-order valence-electron chi connectivity index (χ1n) is 10.2. The first kappa shape index (κ1) is 24.7. The number of non-ortho nitro benzene ring substituents is 1. The van der Waals surface area contributed by atoms with Crippen LogP contribution in [-0.4, -0.2) is 23.8 Å². The minimum atomic E-state index is -0.578. The van der Waals surface area contributed by atoms with Gasteiger partial charge in [0.15, 0.2) is 0 Å². The Morgan fingerprint density at radius 2 is 1.82 bits per heavy atom. The van der Waals surface area contributed by atoms with Crippen LogP contribution in [0, 0.1) is 24.0 Å². The molecule has 0 heterocycles. The molecule has 0 unspecified atom stereocenters. The van der Waals surface area contributed by atoms with Crippen LogP contribution in [0.1, 0.15) is 27.0 Å². The van der Waals surface area contributed by atoms with Crippen molar-refractivity contribution in [1.82, 2.24) is 5.32 Å². The van der Waals surface area contributed by atoms with E-state index in [0.29, 0.717) is 21.5 Å². The zero-order chi connectivity index (χ0) is 24.8. The average molecular weight is 524 g/mol. The highest BCUT2D eigenvalue weighted by Gasteiger charge is 2.18. The summed E-state index contributed by atoms with van der Waals surface area (Å²) >= 11 is 3.34. The Balaban J connectivity index is 1.99. The van der Waals surface area contributed by atoms with E-state index in [9.17, 15) is 19.7 Å². The quantitative estimate of drug-likeness (QED) is 0.245. The molecule has 0 bridgehead atoms. The Bertz CT molecular complexity index is 1300. The van der Waals surface area contributed by atoms with Gasteiger partial charge in [-0.2, -0.15) is 0 Å². The number of carbonyl (C=O) groups is 2. The molecule has 3 aromatic rings. The fourth-order valence-corrected chi connectivity index (χ4v) is 3.62. The third-order valence-electron chi connectivity index (χ3n) is 4.93. The van der Waals surface area contributed by atoms with Gasteiger partial charge in [0.25, 0.3) is 17.5 Å². The summed E-state index contributed by atoms with van der Waals surface area (Å²) in [4.78, 5) is 36.9. The molecule has 0 saturated heterocycles. The number of methoxy groups -OCH3 is 1. The Kier molecular flexibility index (Phi) is 7.80. The molecule has 0 atom stereocenters. The highest BCUT2D eigenvalue weighted by atomic mass is 79.9. The van der Waals surface area contributed by atoms with Gasteiger partial charge < -0.3 is 15.4 Å². The molecule has 0 fully saturated rings.